The molecule has 0 amide bonds. The van der Waals surface area contributed by atoms with Crippen molar-refractivity contribution >= 4 is 22.5 Å². The first kappa shape index (κ1) is 18.7. The second-order valence-electron chi connectivity index (χ2n) is 7.79. The normalized spacial score (nSPS) is 19.7. The number of rotatable bonds is 6. The topological polar surface area (TPSA) is 68.9 Å². The smallest absolute Gasteiger partial charge is 0.134 e. The number of fused-ring (bicyclic) bond motifs is 1. The van der Waals surface area contributed by atoms with E-state index in [1.807, 2.05) is 20.0 Å². The van der Waals surface area contributed by atoms with Crippen LogP contribution in [0.25, 0.3) is 10.9 Å². The number of benzene rings is 1. The van der Waals surface area contributed by atoms with Crippen LogP contribution in [-0.2, 0) is 6.54 Å². The molecule has 0 unspecified atom stereocenters. The molecule has 0 saturated heterocycles. The Morgan fingerprint density at radius 3 is 2.64 bits per heavy atom. The lowest BCUT2D eigenvalue weighted by Gasteiger charge is -2.35. The molecule has 4 rings (SSSR count). The molecule has 1 aliphatic carbocycles. The van der Waals surface area contributed by atoms with Gasteiger partial charge < -0.3 is 20.5 Å². The van der Waals surface area contributed by atoms with E-state index in [0.717, 1.165) is 24.0 Å². The Bertz CT molecular complexity index is 893. The molecule has 1 saturated carbocycles. The maximum absolute atomic E-state index is 4.63. The van der Waals surface area contributed by atoms with Gasteiger partial charge in [-0.15, -0.1) is 0 Å². The highest BCUT2D eigenvalue weighted by Gasteiger charge is 2.25. The van der Waals surface area contributed by atoms with Crippen LogP contribution >= 0.6 is 0 Å². The lowest BCUT2D eigenvalue weighted by molar-refractivity contribution is 0.334. The predicted octanol–water partition coefficient (Wildman–Crippen LogP) is 3.85. The number of hydrogen-bond acceptors (Lipinski definition) is 5. The van der Waals surface area contributed by atoms with Crippen LogP contribution in [0.3, 0.4) is 0 Å². The molecule has 0 atom stereocenters. The molecule has 6 nitrogen and oxygen atoms in total. The fraction of sp³-hybridized carbons (Fsp3) is 0.455. The molecule has 3 aromatic rings. The summed E-state index contributed by atoms with van der Waals surface area (Å²) in [6.45, 7) is 2.85. The van der Waals surface area contributed by atoms with Crippen molar-refractivity contribution in [3.8, 4) is 0 Å². The van der Waals surface area contributed by atoms with E-state index in [-0.39, 0.29) is 0 Å². The monoisotopic (exact) mass is 378 g/mol. The molecule has 2 aromatic heterocycles. The second-order valence-corrected chi connectivity index (χ2v) is 7.79. The van der Waals surface area contributed by atoms with Gasteiger partial charge in [-0.05, 0) is 50.1 Å². The summed E-state index contributed by atoms with van der Waals surface area (Å²) in [6.07, 6.45) is 4.74. The molecular formula is C22H30N6. The number of nitrogens with one attached hydrogen (secondary N) is 3. The molecule has 28 heavy (non-hydrogen) atoms. The van der Waals surface area contributed by atoms with Crippen LogP contribution in [0.4, 0.5) is 11.6 Å². The molecule has 0 aliphatic heterocycles. The number of H-pyrrole nitrogens is 1. The van der Waals surface area contributed by atoms with E-state index in [2.05, 4.69) is 67.9 Å². The molecule has 148 valence electrons. The number of aryl methyl sites for hydroxylation is 1. The van der Waals surface area contributed by atoms with Gasteiger partial charge in [0.2, 0.25) is 0 Å². The van der Waals surface area contributed by atoms with E-state index in [1.54, 1.807) is 0 Å². The van der Waals surface area contributed by atoms with Crippen molar-refractivity contribution in [1.82, 2.24) is 20.3 Å². The number of nitrogens with zero attached hydrogens (tertiary/aromatic N) is 3. The molecular weight excluding hydrogens is 348 g/mol. The average Bonchev–Trinajstić information content (AvgIpc) is 3.14. The quantitative estimate of drug-likeness (QED) is 0.608. The SMILES string of the molecule is CNc1cc(N(C)C2CCC(NCc3cc4ccccc4[nH]3)CC2)nc(C)n1. The summed E-state index contributed by atoms with van der Waals surface area (Å²) in [4.78, 5) is 14.9. The van der Waals surface area contributed by atoms with Gasteiger partial charge in [0.05, 0.1) is 0 Å². The summed E-state index contributed by atoms with van der Waals surface area (Å²) in [5, 5.41) is 8.15. The van der Waals surface area contributed by atoms with Crippen LogP contribution in [0.2, 0.25) is 0 Å². The van der Waals surface area contributed by atoms with E-state index in [9.17, 15) is 0 Å². The average molecular weight is 379 g/mol. The first-order valence-electron chi connectivity index (χ1n) is 10.2. The van der Waals surface area contributed by atoms with Crippen molar-refractivity contribution in [3.05, 3.63) is 47.9 Å². The van der Waals surface area contributed by atoms with Gasteiger partial charge >= 0.3 is 0 Å². The lowest BCUT2D eigenvalue weighted by Crippen LogP contribution is -2.41. The molecule has 1 fully saturated rings. The lowest BCUT2D eigenvalue weighted by atomic mass is 9.90. The van der Waals surface area contributed by atoms with Gasteiger partial charge in [0.15, 0.2) is 0 Å². The van der Waals surface area contributed by atoms with E-state index in [4.69, 9.17) is 0 Å². The third-order valence-corrected chi connectivity index (χ3v) is 5.85. The Morgan fingerprint density at radius 1 is 1.11 bits per heavy atom. The molecule has 6 heteroatoms. The standard InChI is InChI=1S/C22H30N6/c1-15-25-21(23-2)13-22(26-15)28(3)19-10-8-17(9-11-19)24-14-18-12-16-6-4-5-7-20(16)27-18/h4-7,12-13,17,19,24,27H,8-11,14H2,1-3H3,(H,23,25,26). The molecule has 1 aromatic carbocycles. The van der Waals surface area contributed by atoms with Crippen LogP contribution in [0, 0.1) is 6.92 Å². The highest BCUT2D eigenvalue weighted by atomic mass is 15.2. The van der Waals surface area contributed by atoms with E-state index in [1.165, 1.54) is 42.3 Å². The Kier molecular flexibility index (Phi) is 5.48. The van der Waals surface area contributed by atoms with Gasteiger partial charge in [-0.2, -0.15) is 0 Å². The van der Waals surface area contributed by atoms with Crippen molar-refractivity contribution in [2.75, 3.05) is 24.3 Å². The number of hydrogen-bond donors (Lipinski definition) is 3. The van der Waals surface area contributed by atoms with Crippen molar-refractivity contribution in [3.63, 3.8) is 0 Å². The summed E-state index contributed by atoms with van der Waals surface area (Å²) in [7, 11) is 4.06. The maximum Gasteiger partial charge on any atom is 0.134 e. The van der Waals surface area contributed by atoms with Crippen LogP contribution in [0.5, 0.6) is 0 Å². The fourth-order valence-corrected chi connectivity index (χ4v) is 4.20. The largest absolute Gasteiger partial charge is 0.373 e. The molecule has 3 N–H and O–H groups in total. The van der Waals surface area contributed by atoms with Gasteiger partial charge in [0.25, 0.3) is 0 Å². The summed E-state index contributed by atoms with van der Waals surface area (Å²) in [5.41, 5.74) is 2.47. The van der Waals surface area contributed by atoms with Crippen LogP contribution < -0.4 is 15.5 Å². The zero-order chi connectivity index (χ0) is 19.5. The number of aromatic amines is 1. The predicted molar refractivity (Wildman–Crippen MR) is 116 cm³/mol. The Hall–Kier alpha value is -2.60. The minimum atomic E-state index is 0.533. The fourth-order valence-electron chi connectivity index (χ4n) is 4.20. The van der Waals surface area contributed by atoms with Gasteiger partial charge in [0, 0.05) is 50.0 Å². The van der Waals surface area contributed by atoms with Crippen molar-refractivity contribution in [2.45, 2.75) is 51.2 Å². The Balaban J connectivity index is 1.31. The maximum atomic E-state index is 4.63. The number of anilines is 2. The number of para-hydroxylation sites is 1. The minimum absolute atomic E-state index is 0.533. The summed E-state index contributed by atoms with van der Waals surface area (Å²) in [5.74, 6) is 2.69. The van der Waals surface area contributed by atoms with Gasteiger partial charge in [-0.1, -0.05) is 18.2 Å². The van der Waals surface area contributed by atoms with Crippen molar-refractivity contribution in [2.24, 2.45) is 0 Å². The van der Waals surface area contributed by atoms with Crippen molar-refractivity contribution < 1.29 is 0 Å². The summed E-state index contributed by atoms with van der Waals surface area (Å²) in [6, 6.07) is 13.8. The third kappa shape index (κ3) is 4.12. The first-order valence-corrected chi connectivity index (χ1v) is 10.2. The Labute approximate surface area is 166 Å². The van der Waals surface area contributed by atoms with E-state index < -0.39 is 0 Å². The zero-order valence-corrected chi connectivity index (χ0v) is 17.0. The Morgan fingerprint density at radius 2 is 1.89 bits per heavy atom. The van der Waals surface area contributed by atoms with Crippen LogP contribution in [0.1, 0.15) is 37.2 Å². The molecule has 1 aliphatic rings. The molecule has 0 radical (unpaired) electrons. The van der Waals surface area contributed by atoms with Gasteiger partial charge in [0.1, 0.15) is 17.5 Å². The summed E-state index contributed by atoms with van der Waals surface area (Å²) < 4.78 is 0. The first-order chi connectivity index (χ1) is 13.6. The van der Waals surface area contributed by atoms with Crippen LogP contribution in [-0.4, -0.2) is 41.1 Å². The second kappa shape index (κ2) is 8.19. The van der Waals surface area contributed by atoms with E-state index in [0.29, 0.717) is 12.1 Å². The van der Waals surface area contributed by atoms with Gasteiger partial charge in [-0.3, -0.25) is 0 Å². The summed E-state index contributed by atoms with van der Waals surface area (Å²) >= 11 is 0. The highest BCUT2D eigenvalue weighted by molar-refractivity contribution is 5.80. The zero-order valence-electron chi connectivity index (χ0n) is 17.0. The highest BCUT2D eigenvalue weighted by Crippen LogP contribution is 2.27. The number of aromatic nitrogens is 3. The minimum Gasteiger partial charge on any atom is -0.373 e. The third-order valence-electron chi connectivity index (χ3n) is 5.85. The molecule has 2 heterocycles. The van der Waals surface area contributed by atoms with Crippen molar-refractivity contribution in [1.29, 1.82) is 0 Å². The van der Waals surface area contributed by atoms with E-state index >= 15 is 0 Å². The van der Waals surface area contributed by atoms with Gasteiger partial charge in [-0.25, -0.2) is 9.97 Å². The molecule has 0 spiro atoms. The molecule has 0 bridgehead atoms. The van der Waals surface area contributed by atoms with Crippen LogP contribution in [0.15, 0.2) is 36.4 Å².